The van der Waals surface area contributed by atoms with E-state index in [0.29, 0.717) is 38.8 Å². The Balaban J connectivity index is 1.90. The van der Waals surface area contributed by atoms with Crippen molar-refractivity contribution in [2.75, 3.05) is 20.1 Å². The normalized spacial score (nSPS) is 27.5. The molecular formula is C12H19N3O4. The van der Waals surface area contributed by atoms with Gasteiger partial charge in [-0.05, 0) is 19.3 Å². The van der Waals surface area contributed by atoms with Crippen LogP contribution in [0.25, 0.3) is 0 Å². The molecule has 3 amide bonds. The molecule has 0 aromatic heterocycles. The Morgan fingerprint density at radius 1 is 1.37 bits per heavy atom. The van der Waals surface area contributed by atoms with Crippen molar-refractivity contribution in [3.63, 3.8) is 0 Å². The van der Waals surface area contributed by atoms with Gasteiger partial charge in [-0.2, -0.15) is 0 Å². The van der Waals surface area contributed by atoms with Crippen molar-refractivity contribution in [2.45, 2.75) is 37.8 Å². The standard InChI is InChI=1S/C12H19N3O4/c1-14-7-8(4-5-10(14)16)13-12(19)15-6-2-3-9(15)11(17)18/h8-9H,2-7H2,1H3,(H,13,19)(H,17,18)/t8?,9-/m1/s1. The van der Waals surface area contributed by atoms with Crippen molar-refractivity contribution >= 4 is 17.9 Å². The predicted octanol–water partition coefficient (Wildman–Crippen LogP) is -0.134. The number of amides is 3. The van der Waals surface area contributed by atoms with Crippen molar-refractivity contribution in [3.05, 3.63) is 0 Å². The average molecular weight is 269 g/mol. The van der Waals surface area contributed by atoms with E-state index in [9.17, 15) is 14.4 Å². The molecule has 0 aromatic rings. The Morgan fingerprint density at radius 3 is 2.74 bits per heavy atom. The summed E-state index contributed by atoms with van der Waals surface area (Å²) in [7, 11) is 1.70. The maximum Gasteiger partial charge on any atom is 0.326 e. The molecule has 0 bridgehead atoms. The highest BCUT2D eigenvalue weighted by molar-refractivity contribution is 5.83. The van der Waals surface area contributed by atoms with Crippen molar-refractivity contribution in [1.29, 1.82) is 0 Å². The van der Waals surface area contributed by atoms with Crippen molar-refractivity contribution < 1.29 is 19.5 Å². The highest BCUT2D eigenvalue weighted by atomic mass is 16.4. The second-order valence-electron chi connectivity index (χ2n) is 5.15. The summed E-state index contributed by atoms with van der Waals surface area (Å²) in [6.07, 6.45) is 2.25. The van der Waals surface area contributed by atoms with Gasteiger partial charge in [-0.15, -0.1) is 0 Å². The van der Waals surface area contributed by atoms with Gasteiger partial charge in [-0.1, -0.05) is 0 Å². The van der Waals surface area contributed by atoms with Gasteiger partial charge in [0, 0.05) is 32.6 Å². The molecule has 2 atom stereocenters. The number of carboxylic acids is 1. The first-order valence-electron chi connectivity index (χ1n) is 6.53. The average Bonchev–Trinajstić information content (AvgIpc) is 2.83. The summed E-state index contributed by atoms with van der Waals surface area (Å²) in [5.41, 5.74) is 0. The number of carbonyl (C=O) groups excluding carboxylic acids is 2. The third kappa shape index (κ3) is 2.97. The lowest BCUT2D eigenvalue weighted by Crippen LogP contribution is -2.53. The first-order valence-corrected chi connectivity index (χ1v) is 6.53. The smallest absolute Gasteiger partial charge is 0.326 e. The fraction of sp³-hybridized carbons (Fsp3) is 0.750. The molecule has 0 aliphatic carbocycles. The summed E-state index contributed by atoms with van der Waals surface area (Å²) in [6.45, 7) is 0.959. The lowest BCUT2D eigenvalue weighted by atomic mass is 10.1. The number of likely N-dealkylation sites (tertiary alicyclic amines) is 2. The number of hydrogen-bond donors (Lipinski definition) is 2. The largest absolute Gasteiger partial charge is 0.480 e. The van der Waals surface area contributed by atoms with E-state index in [-0.39, 0.29) is 18.0 Å². The van der Waals surface area contributed by atoms with Gasteiger partial charge in [0.2, 0.25) is 5.91 Å². The van der Waals surface area contributed by atoms with Crippen molar-refractivity contribution in [2.24, 2.45) is 0 Å². The monoisotopic (exact) mass is 269 g/mol. The summed E-state index contributed by atoms with van der Waals surface area (Å²) < 4.78 is 0. The minimum absolute atomic E-state index is 0.0788. The van der Waals surface area contributed by atoms with Crippen LogP contribution < -0.4 is 5.32 Å². The van der Waals surface area contributed by atoms with Crippen LogP contribution in [0.15, 0.2) is 0 Å². The summed E-state index contributed by atoms with van der Waals surface area (Å²) in [5.74, 6) is -0.876. The van der Waals surface area contributed by atoms with Gasteiger partial charge in [0.25, 0.3) is 0 Å². The molecule has 106 valence electrons. The molecule has 2 saturated heterocycles. The lowest BCUT2D eigenvalue weighted by Gasteiger charge is -2.32. The number of likely N-dealkylation sites (N-methyl/N-ethyl adjacent to an activating group) is 1. The number of rotatable bonds is 2. The van der Waals surface area contributed by atoms with Crippen molar-refractivity contribution in [1.82, 2.24) is 15.1 Å². The second kappa shape index (κ2) is 5.46. The maximum atomic E-state index is 12.1. The van der Waals surface area contributed by atoms with Gasteiger partial charge in [-0.3, -0.25) is 4.79 Å². The molecule has 2 aliphatic rings. The van der Waals surface area contributed by atoms with Crippen LogP contribution in [0.2, 0.25) is 0 Å². The highest BCUT2D eigenvalue weighted by Gasteiger charge is 2.35. The first kappa shape index (κ1) is 13.6. The SMILES string of the molecule is CN1CC(NC(=O)N2CCC[C@@H]2C(=O)O)CCC1=O. The number of hydrogen-bond acceptors (Lipinski definition) is 3. The molecule has 0 radical (unpaired) electrons. The fourth-order valence-corrected chi connectivity index (χ4v) is 2.65. The number of carbonyl (C=O) groups is 3. The van der Waals surface area contributed by atoms with Crippen LogP contribution >= 0.6 is 0 Å². The molecule has 0 aromatic carbocycles. The topological polar surface area (TPSA) is 90.0 Å². The van der Waals surface area contributed by atoms with Crippen LogP contribution in [0.5, 0.6) is 0 Å². The van der Waals surface area contributed by atoms with Crippen LogP contribution in [-0.2, 0) is 9.59 Å². The third-order valence-electron chi connectivity index (χ3n) is 3.75. The minimum Gasteiger partial charge on any atom is -0.480 e. The van der Waals surface area contributed by atoms with Gasteiger partial charge in [0.15, 0.2) is 0 Å². The van der Waals surface area contributed by atoms with Gasteiger partial charge in [0.1, 0.15) is 6.04 Å². The minimum atomic E-state index is -0.955. The van der Waals surface area contributed by atoms with Crippen LogP contribution in [0.3, 0.4) is 0 Å². The number of piperidine rings is 1. The predicted molar refractivity (Wildman–Crippen MR) is 66.6 cm³/mol. The van der Waals surface area contributed by atoms with E-state index in [0.717, 1.165) is 0 Å². The molecular weight excluding hydrogens is 250 g/mol. The second-order valence-corrected chi connectivity index (χ2v) is 5.15. The number of aliphatic carboxylic acids is 1. The zero-order valence-corrected chi connectivity index (χ0v) is 11.0. The van der Waals surface area contributed by atoms with E-state index < -0.39 is 12.0 Å². The van der Waals surface area contributed by atoms with Crippen LogP contribution in [-0.4, -0.2) is 65.0 Å². The van der Waals surface area contributed by atoms with Crippen LogP contribution in [0.1, 0.15) is 25.7 Å². The van der Waals surface area contributed by atoms with Gasteiger partial charge in [0.05, 0.1) is 0 Å². The Morgan fingerprint density at radius 2 is 2.11 bits per heavy atom. The molecule has 2 heterocycles. The number of nitrogens with one attached hydrogen (secondary N) is 1. The number of carboxylic acid groups (broad SMARTS) is 1. The summed E-state index contributed by atoms with van der Waals surface area (Å²) in [4.78, 5) is 37.4. The molecule has 7 heteroatoms. The number of urea groups is 1. The summed E-state index contributed by atoms with van der Waals surface area (Å²) in [6, 6.07) is -1.15. The summed E-state index contributed by atoms with van der Waals surface area (Å²) >= 11 is 0. The molecule has 19 heavy (non-hydrogen) atoms. The quantitative estimate of drug-likeness (QED) is 0.730. The zero-order chi connectivity index (χ0) is 14.0. The van der Waals surface area contributed by atoms with E-state index in [4.69, 9.17) is 5.11 Å². The van der Waals surface area contributed by atoms with E-state index in [2.05, 4.69) is 5.32 Å². The van der Waals surface area contributed by atoms with Gasteiger partial charge in [-0.25, -0.2) is 9.59 Å². The Hall–Kier alpha value is -1.79. The Bertz CT molecular complexity index is 398. The molecule has 2 N–H and O–H groups in total. The zero-order valence-electron chi connectivity index (χ0n) is 11.0. The molecule has 2 fully saturated rings. The van der Waals surface area contributed by atoms with Crippen LogP contribution in [0.4, 0.5) is 4.79 Å². The van der Waals surface area contributed by atoms with Gasteiger partial charge < -0.3 is 20.2 Å². The maximum absolute atomic E-state index is 12.1. The van der Waals surface area contributed by atoms with E-state index in [1.165, 1.54) is 4.90 Å². The highest BCUT2D eigenvalue weighted by Crippen LogP contribution is 2.18. The molecule has 0 spiro atoms. The van der Waals surface area contributed by atoms with Gasteiger partial charge >= 0.3 is 12.0 Å². The molecule has 2 rings (SSSR count). The molecule has 7 nitrogen and oxygen atoms in total. The Kier molecular flexibility index (Phi) is 3.92. The summed E-state index contributed by atoms with van der Waals surface area (Å²) in [5, 5.41) is 11.9. The fourth-order valence-electron chi connectivity index (χ4n) is 2.65. The molecule has 0 saturated carbocycles. The van der Waals surface area contributed by atoms with E-state index in [1.54, 1.807) is 11.9 Å². The third-order valence-corrected chi connectivity index (χ3v) is 3.75. The molecule has 1 unspecified atom stereocenters. The molecule has 2 aliphatic heterocycles. The number of nitrogens with zero attached hydrogens (tertiary/aromatic N) is 2. The first-order chi connectivity index (χ1) is 8.99. The van der Waals surface area contributed by atoms with Crippen molar-refractivity contribution in [3.8, 4) is 0 Å². The van der Waals surface area contributed by atoms with E-state index >= 15 is 0 Å². The Labute approximate surface area is 111 Å². The van der Waals surface area contributed by atoms with E-state index in [1.807, 2.05) is 0 Å². The van der Waals surface area contributed by atoms with Crippen LogP contribution in [0, 0.1) is 0 Å². The lowest BCUT2D eigenvalue weighted by molar-refractivity contribution is -0.141.